The zero-order valence-corrected chi connectivity index (χ0v) is 23.3. The Morgan fingerprint density at radius 1 is 0.946 bits per heavy atom. The standard InChI is InChI=1S/C30H42O7/c1-15-11-29(36-24(15)35)12-16(2)30(37-29)14-21(34)28(7)23-17(31)10-19-25(3,4)20(33)8-9-26(19,5)22(23)18(32)13-27(28,30)6/h15-17,19,21,31,34H,8-14H2,1-7H3. The number of aliphatic hydroxyl groups excluding tert-OH is 2. The number of aliphatic hydroxyl groups is 2. The van der Waals surface area contributed by atoms with Gasteiger partial charge in [0.2, 0.25) is 5.79 Å². The van der Waals surface area contributed by atoms with Gasteiger partial charge in [0, 0.05) is 59.3 Å². The fourth-order valence-corrected chi connectivity index (χ4v) is 10.4. The van der Waals surface area contributed by atoms with Gasteiger partial charge in [-0.3, -0.25) is 14.4 Å². The highest BCUT2D eigenvalue weighted by Crippen LogP contribution is 2.75. The molecule has 10 unspecified atom stereocenters. The quantitative estimate of drug-likeness (QED) is 0.472. The number of hydrogen-bond acceptors (Lipinski definition) is 7. The fraction of sp³-hybridized carbons (Fsp3) is 0.833. The molecule has 7 nitrogen and oxygen atoms in total. The van der Waals surface area contributed by atoms with Crippen molar-refractivity contribution in [2.75, 3.05) is 0 Å². The minimum Gasteiger partial charge on any atom is -0.433 e. The molecule has 6 aliphatic rings. The Morgan fingerprint density at radius 2 is 1.62 bits per heavy atom. The number of Topliss-reactive ketones (excluding diaryl/α,β-unsaturated/α-hetero) is 2. The summed E-state index contributed by atoms with van der Waals surface area (Å²) in [5.74, 6) is -1.59. The minimum atomic E-state index is -1.03. The van der Waals surface area contributed by atoms with Gasteiger partial charge in [-0.1, -0.05) is 48.5 Å². The molecule has 2 saturated heterocycles. The van der Waals surface area contributed by atoms with E-state index < -0.39 is 45.3 Å². The van der Waals surface area contributed by atoms with Gasteiger partial charge in [0.05, 0.1) is 23.7 Å². The zero-order chi connectivity index (χ0) is 27.1. The molecular weight excluding hydrogens is 472 g/mol. The van der Waals surface area contributed by atoms with E-state index in [9.17, 15) is 24.6 Å². The molecule has 0 aromatic carbocycles. The Morgan fingerprint density at radius 3 is 2.24 bits per heavy atom. The molecule has 2 heterocycles. The van der Waals surface area contributed by atoms with E-state index in [1.165, 1.54) is 0 Å². The van der Waals surface area contributed by atoms with Crippen LogP contribution < -0.4 is 0 Å². The van der Waals surface area contributed by atoms with Crippen molar-refractivity contribution >= 4 is 17.5 Å². The first kappa shape index (κ1) is 25.7. The van der Waals surface area contributed by atoms with Crippen molar-refractivity contribution in [1.82, 2.24) is 0 Å². The van der Waals surface area contributed by atoms with Crippen LogP contribution in [0, 0.1) is 39.4 Å². The lowest BCUT2D eigenvalue weighted by molar-refractivity contribution is -0.254. The first-order valence-corrected chi connectivity index (χ1v) is 14.1. The normalized spacial score (nSPS) is 54.5. The number of carbonyl (C=O) groups excluding carboxylic acids is 3. The third kappa shape index (κ3) is 2.72. The molecule has 0 bridgehead atoms. The molecule has 0 amide bonds. The first-order valence-electron chi connectivity index (χ1n) is 14.1. The highest BCUT2D eigenvalue weighted by atomic mass is 16.7. The van der Waals surface area contributed by atoms with E-state index in [4.69, 9.17) is 9.47 Å². The van der Waals surface area contributed by atoms with Crippen LogP contribution >= 0.6 is 0 Å². The third-order valence-electron chi connectivity index (χ3n) is 12.5. The second-order valence-corrected chi connectivity index (χ2v) is 14.5. The summed E-state index contributed by atoms with van der Waals surface area (Å²) >= 11 is 0. The van der Waals surface area contributed by atoms with E-state index in [2.05, 4.69) is 13.8 Å². The van der Waals surface area contributed by atoms with Gasteiger partial charge in [0.15, 0.2) is 5.78 Å². The summed E-state index contributed by atoms with van der Waals surface area (Å²) in [6.45, 7) is 14.0. The van der Waals surface area contributed by atoms with Gasteiger partial charge < -0.3 is 19.7 Å². The molecule has 4 fully saturated rings. The summed E-state index contributed by atoms with van der Waals surface area (Å²) in [6.07, 6.45) is 1.11. The lowest BCUT2D eigenvalue weighted by Gasteiger charge is -2.62. The van der Waals surface area contributed by atoms with Crippen molar-refractivity contribution in [3.05, 3.63) is 11.1 Å². The summed E-state index contributed by atoms with van der Waals surface area (Å²) < 4.78 is 12.7. The van der Waals surface area contributed by atoms with Crippen molar-refractivity contribution in [3.8, 4) is 0 Å². The predicted molar refractivity (Wildman–Crippen MR) is 134 cm³/mol. The molecule has 37 heavy (non-hydrogen) atoms. The van der Waals surface area contributed by atoms with E-state index in [0.29, 0.717) is 49.7 Å². The lowest BCUT2D eigenvalue weighted by atomic mass is 9.42. The van der Waals surface area contributed by atoms with Gasteiger partial charge in [0.1, 0.15) is 5.78 Å². The van der Waals surface area contributed by atoms with E-state index in [-0.39, 0.29) is 41.7 Å². The van der Waals surface area contributed by atoms with Crippen LogP contribution in [0.2, 0.25) is 0 Å². The Bertz CT molecular complexity index is 1150. The second kappa shape index (κ2) is 7.14. The van der Waals surface area contributed by atoms with E-state index in [0.717, 1.165) is 0 Å². The van der Waals surface area contributed by atoms with Crippen LogP contribution in [0.5, 0.6) is 0 Å². The number of ketones is 2. The van der Waals surface area contributed by atoms with Crippen molar-refractivity contribution < 1.29 is 34.1 Å². The van der Waals surface area contributed by atoms with Crippen LogP contribution in [0.1, 0.15) is 93.4 Å². The van der Waals surface area contributed by atoms with Crippen molar-refractivity contribution in [2.45, 2.75) is 117 Å². The smallest absolute Gasteiger partial charge is 0.311 e. The largest absolute Gasteiger partial charge is 0.433 e. The summed E-state index contributed by atoms with van der Waals surface area (Å²) in [7, 11) is 0. The van der Waals surface area contributed by atoms with Crippen LogP contribution in [0.4, 0.5) is 0 Å². The molecule has 2 aliphatic heterocycles. The number of ether oxygens (including phenoxy) is 2. The molecule has 204 valence electrons. The lowest BCUT2D eigenvalue weighted by Crippen LogP contribution is -2.63. The van der Waals surface area contributed by atoms with Crippen LogP contribution in [0.15, 0.2) is 11.1 Å². The molecule has 0 aromatic heterocycles. The number of carbonyl (C=O) groups is 3. The summed E-state index contributed by atoms with van der Waals surface area (Å²) in [5, 5.41) is 23.7. The maximum absolute atomic E-state index is 14.3. The van der Waals surface area contributed by atoms with Gasteiger partial charge in [-0.15, -0.1) is 0 Å². The number of rotatable bonds is 0. The van der Waals surface area contributed by atoms with E-state index in [1.807, 2.05) is 34.6 Å². The molecule has 10 atom stereocenters. The first-order chi connectivity index (χ1) is 17.0. The monoisotopic (exact) mass is 514 g/mol. The number of hydrogen-bond donors (Lipinski definition) is 2. The molecule has 0 aromatic rings. The van der Waals surface area contributed by atoms with Crippen LogP contribution in [-0.2, 0) is 23.9 Å². The Balaban J connectivity index is 1.51. The van der Waals surface area contributed by atoms with Gasteiger partial charge >= 0.3 is 5.97 Å². The van der Waals surface area contributed by atoms with Crippen molar-refractivity contribution in [1.29, 1.82) is 0 Å². The molecule has 2 saturated carbocycles. The van der Waals surface area contributed by atoms with Gasteiger partial charge in [-0.25, -0.2) is 0 Å². The number of allylic oxidation sites excluding steroid dienone is 1. The average Bonchev–Trinajstić information content (AvgIpc) is 3.28. The Hall–Kier alpha value is -1.57. The van der Waals surface area contributed by atoms with Crippen LogP contribution in [-0.4, -0.2) is 51.3 Å². The molecule has 0 radical (unpaired) electrons. The van der Waals surface area contributed by atoms with Crippen molar-refractivity contribution in [2.24, 2.45) is 39.4 Å². The van der Waals surface area contributed by atoms with Crippen LogP contribution in [0.25, 0.3) is 0 Å². The maximum atomic E-state index is 14.3. The fourth-order valence-electron chi connectivity index (χ4n) is 10.4. The maximum Gasteiger partial charge on any atom is 0.311 e. The third-order valence-corrected chi connectivity index (χ3v) is 12.5. The highest BCUT2D eigenvalue weighted by molar-refractivity contribution is 6.01. The number of fused-ring (bicyclic) bond motifs is 5. The molecular formula is C30H42O7. The molecule has 4 aliphatic carbocycles. The highest BCUT2D eigenvalue weighted by Gasteiger charge is 2.79. The van der Waals surface area contributed by atoms with Gasteiger partial charge in [-0.2, -0.15) is 0 Å². The van der Waals surface area contributed by atoms with Crippen molar-refractivity contribution in [3.63, 3.8) is 0 Å². The molecule has 7 heteroatoms. The van der Waals surface area contributed by atoms with E-state index in [1.54, 1.807) is 0 Å². The Kier molecular flexibility index (Phi) is 4.96. The topological polar surface area (TPSA) is 110 Å². The second-order valence-electron chi connectivity index (χ2n) is 14.5. The summed E-state index contributed by atoms with van der Waals surface area (Å²) in [5.41, 5.74) is -2.45. The Labute approximate surface area is 219 Å². The number of esters is 1. The predicted octanol–water partition coefficient (Wildman–Crippen LogP) is 3.88. The van der Waals surface area contributed by atoms with Gasteiger partial charge in [-0.05, 0) is 30.3 Å². The zero-order valence-electron chi connectivity index (χ0n) is 23.3. The molecule has 6 rings (SSSR count). The SMILES string of the molecule is CC1CC2(CC(C)C3(CC(O)C4(C)C5=C(C(=O)CC34C)C3(C)CCC(=O)C(C)(C)C3CC5O)O2)OC1=O. The minimum absolute atomic E-state index is 0.00613. The van der Waals surface area contributed by atoms with E-state index >= 15 is 0 Å². The summed E-state index contributed by atoms with van der Waals surface area (Å²) in [6, 6.07) is 0. The van der Waals surface area contributed by atoms with Crippen LogP contribution in [0.3, 0.4) is 0 Å². The van der Waals surface area contributed by atoms with Gasteiger partial charge in [0.25, 0.3) is 0 Å². The molecule has 2 spiro atoms. The molecule has 2 N–H and O–H groups in total. The average molecular weight is 515 g/mol. The summed E-state index contributed by atoms with van der Waals surface area (Å²) in [4.78, 5) is 39.6.